The molecule has 35 heavy (non-hydrogen) atoms. The van der Waals surface area contributed by atoms with Gasteiger partial charge in [0.05, 0.1) is 17.4 Å². The third kappa shape index (κ3) is 7.26. The zero-order valence-corrected chi connectivity index (χ0v) is 21.5. The summed E-state index contributed by atoms with van der Waals surface area (Å²) in [5.41, 5.74) is 2.07. The van der Waals surface area contributed by atoms with Gasteiger partial charge in [-0.3, -0.25) is 19.5 Å². The molecule has 0 unspecified atom stereocenters. The summed E-state index contributed by atoms with van der Waals surface area (Å²) < 4.78 is 12.1. The van der Waals surface area contributed by atoms with E-state index in [9.17, 15) is 9.59 Å². The summed E-state index contributed by atoms with van der Waals surface area (Å²) >= 11 is 0. The second-order valence-electron chi connectivity index (χ2n) is 9.36. The van der Waals surface area contributed by atoms with Crippen molar-refractivity contribution in [1.82, 2.24) is 14.8 Å². The molecule has 2 heterocycles. The lowest BCUT2D eigenvalue weighted by atomic mass is 10.0. The van der Waals surface area contributed by atoms with Crippen LogP contribution in [0.15, 0.2) is 42.6 Å². The van der Waals surface area contributed by atoms with Gasteiger partial charge in [-0.05, 0) is 43.5 Å². The van der Waals surface area contributed by atoms with E-state index in [0.717, 1.165) is 18.7 Å². The Hall–Kier alpha value is -2.97. The van der Waals surface area contributed by atoms with Gasteiger partial charge in [-0.15, -0.1) is 0 Å². The fourth-order valence-electron chi connectivity index (χ4n) is 4.30. The molecule has 1 aliphatic rings. The summed E-state index contributed by atoms with van der Waals surface area (Å²) in [6.45, 7) is 8.51. The number of benzene rings is 1. The highest BCUT2D eigenvalue weighted by molar-refractivity contribution is 5.98. The van der Waals surface area contributed by atoms with Crippen molar-refractivity contribution in [3.05, 3.63) is 53.9 Å². The highest BCUT2D eigenvalue weighted by Gasteiger charge is 2.28. The minimum Gasteiger partial charge on any atom is -0.491 e. The fraction of sp³-hybridized carbons (Fsp3) is 0.519. The van der Waals surface area contributed by atoms with Crippen LogP contribution in [0.5, 0.6) is 5.75 Å². The molecule has 0 saturated carbocycles. The molecule has 3 atom stereocenters. The van der Waals surface area contributed by atoms with E-state index in [1.807, 2.05) is 25.1 Å². The molecule has 1 aromatic carbocycles. The quantitative estimate of drug-likeness (QED) is 0.674. The molecule has 1 N–H and O–H groups in total. The Kier molecular flexibility index (Phi) is 9.63. The summed E-state index contributed by atoms with van der Waals surface area (Å²) in [4.78, 5) is 34.0. The maximum Gasteiger partial charge on any atom is 0.257 e. The molecule has 0 saturated heterocycles. The molecule has 3 rings (SSSR count). The number of nitrogens with one attached hydrogen (secondary N) is 1. The monoisotopic (exact) mass is 482 g/mol. The largest absolute Gasteiger partial charge is 0.491 e. The molecule has 0 radical (unpaired) electrons. The highest BCUT2D eigenvalue weighted by Crippen LogP contribution is 2.27. The molecule has 2 aromatic rings. The number of hydrogen-bond donors (Lipinski definition) is 1. The van der Waals surface area contributed by atoms with Crippen LogP contribution < -0.4 is 10.1 Å². The van der Waals surface area contributed by atoms with E-state index in [1.165, 1.54) is 0 Å². The van der Waals surface area contributed by atoms with Crippen molar-refractivity contribution in [2.24, 2.45) is 5.92 Å². The van der Waals surface area contributed by atoms with Crippen LogP contribution in [0, 0.1) is 5.92 Å². The van der Waals surface area contributed by atoms with E-state index in [0.29, 0.717) is 43.1 Å². The van der Waals surface area contributed by atoms with Crippen molar-refractivity contribution in [2.75, 3.05) is 39.2 Å². The summed E-state index contributed by atoms with van der Waals surface area (Å²) in [5, 5.41) is 2.90. The van der Waals surface area contributed by atoms with Crippen LogP contribution in [-0.4, -0.2) is 72.6 Å². The number of rotatable bonds is 6. The Bertz CT molecular complexity index is 984. The van der Waals surface area contributed by atoms with Gasteiger partial charge in [0.1, 0.15) is 12.4 Å². The van der Waals surface area contributed by atoms with E-state index in [-0.39, 0.29) is 29.9 Å². The van der Waals surface area contributed by atoms with Crippen molar-refractivity contribution in [3.63, 3.8) is 0 Å². The third-order valence-electron chi connectivity index (χ3n) is 6.43. The molecule has 1 aliphatic heterocycles. The Morgan fingerprint density at radius 3 is 2.71 bits per heavy atom. The number of amides is 2. The Morgan fingerprint density at radius 1 is 1.23 bits per heavy atom. The third-order valence-corrected chi connectivity index (χ3v) is 6.43. The molecular weight excluding hydrogens is 444 g/mol. The van der Waals surface area contributed by atoms with Crippen LogP contribution >= 0.6 is 0 Å². The predicted molar refractivity (Wildman–Crippen MR) is 137 cm³/mol. The summed E-state index contributed by atoms with van der Waals surface area (Å²) in [6, 6.07) is 11.2. The molecule has 8 heteroatoms. The number of carbonyl (C=O) groups is 2. The minimum atomic E-state index is -0.140. The number of fused-ring (bicyclic) bond motifs is 1. The fourth-order valence-corrected chi connectivity index (χ4v) is 4.30. The smallest absolute Gasteiger partial charge is 0.257 e. The topological polar surface area (TPSA) is 84.0 Å². The van der Waals surface area contributed by atoms with Crippen LogP contribution in [0.25, 0.3) is 0 Å². The number of nitrogens with zero attached hydrogens (tertiary/aromatic N) is 3. The lowest BCUT2D eigenvalue weighted by Crippen LogP contribution is -2.46. The van der Waals surface area contributed by atoms with Crippen LogP contribution in [0.1, 0.15) is 49.7 Å². The van der Waals surface area contributed by atoms with Gasteiger partial charge >= 0.3 is 0 Å². The van der Waals surface area contributed by atoms with Crippen LogP contribution in [0.2, 0.25) is 0 Å². The number of methoxy groups -OCH3 is 1. The van der Waals surface area contributed by atoms with Crippen LogP contribution in [0.3, 0.4) is 0 Å². The lowest BCUT2D eigenvalue weighted by Gasteiger charge is -2.35. The second-order valence-corrected chi connectivity index (χ2v) is 9.36. The van der Waals surface area contributed by atoms with Gasteiger partial charge in [0, 0.05) is 64.2 Å². The molecule has 1 aromatic heterocycles. The number of pyridine rings is 1. The van der Waals surface area contributed by atoms with Gasteiger partial charge in [-0.2, -0.15) is 0 Å². The summed E-state index contributed by atoms with van der Waals surface area (Å²) in [6.07, 6.45) is 2.88. The van der Waals surface area contributed by atoms with E-state index in [1.54, 1.807) is 43.5 Å². The first-order chi connectivity index (χ1) is 16.8. The summed E-state index contributed by atoms with van der Waals surface area (Å²) in [7, 11) is 3.47. The maximum absolute atomic E-state index is 13.3. The van der Waals surface area contributed by atoms with Crippen LogP contribution in [-0.2, 0) is 16.1 Å². The second kappa shape index (κ2) is 12.7. The number of aromatic nitrogens is 1. The lowest BCUT2D eigenvalue weighted by molar-refractivity contribution is -0.116. The molecular formula is C27H38N4O4. The number of likely N-dealkylation sites (N-methyl/N-ethyl adjacent to an activating group) is 1. The molecule has 2 amide bonds. The van der Waals surface area contributed by atoms with Gasteiger partial charge in [-0.1, -0.05) is 19.9 Å². The summed E-state index contributed by atoms with van der Waals surface area (Å²) in [5.74, 6) is 0.440. The Balaban J connectivity index is 1.92. The SMILES string of the molecule is CCCC(=O)Nc1ccc2c(c1)OC[C@@H](C)N(Cc1ccccn1)C[C@H](C)[C@@H](OC)CN(C)C2=O. The van der Waals surface area contributed by atoms with E-state index < -0.39 is 0 Å². The molecule has 0 aliphatic carbocycles. The van der Waals surface area contributed by atoms with Gasteiger partial charge < -0.3 is 19.7 Å². The average molecular weight is 483 g/mol. The molecule has 0 spiro atoms. The minimum absolute atomic E-state index is 0.0513. The molecule has 190 valence electrons. The number of hydrogen-bond acceptors (Lipinski definition) is 6. The van der Waals surface area contributed by atoms with Crippen molar-refractivity contribution >= 4 is 17.5 Å². The first kappa shape index (κ1) is 26.6. The van der Waals surface area contributed by atoms with Crippen molar-refractivity contribution in [1.29, 1.82) is 0 Å². The Morgan fingerprint density at radius 2 is 2.03 bits per heavy atom. The molecule has 8 nitrogen and oxygen atoms in total. The average Bonchev–Trinajstić information content (AvgIpc) is 2.85. The van der Waals surface area contributed by atoms with Gasteiger partial charge in [0.25, 0.3) is 5.91 Å². The number of anilines is 1. The first-order valence-corrected chi connectivity index (χ1v) is 12.3. The predicted octanol–water partition coefficient (Wildman–Crippen LogP) is 3.83. The molecule has 0 fully saturated rings. The number of ether oxygens (including phenoxy) is 2. The highest BCUT2D eigenvalue weighted by atomic mass is 16.5. The van der Waals surface area contributed by atoms with Gasteiger partial charge in [0.15, 0.2) is 0 Å². The van der Waals surface area contributed by atoms with Crippen LogP contribution in [0.4, 0.5) is 5.69 Å². The normalized spacial score (nSPS) is 21.9. The maximum atomic E-state index is 13.3. The zero-order chi connectivity index (χ0) is 25.4. The van der Waals surface area contributed by atoms with E-state index in [2.05, 4.69) is 29.0 Å². The zero-order valence-electron chi connectivity index (χ0n) is 21.5. The van der Waals surface area contributed by atoms with E-state index >= 15 is 0 Å². The Labute approximate surface area is 208 Å². The van der Waals surface area contributed by atoms with Crippen molar-refractivity contribution < 1.29 is 19.1 Å². The van der Waals surface area contributed by atoms with E-state index in [4.69, 9.17) is 9.47 Å². The van der Waals surface area contributed by atoms with Gasteiger partial charge in [-0.25, -0.2) is 0 Å². The first-order valence-electron chi connectivity index (χ1n) is 12.3. The number of carbonyl (C=O) groups excluding carboxylic acids is 2. The molecule has 0 bridgehead atoms. The van der Waals surface area contributed by atoms with Gasteiger partial charge in [0.2, 0.25) is 5.91 Å². The standard InChI is InChI=1S/C27H38N4O4/c1-6-9-26(32)29-21-11-12-23-24(14-21)35-18-20(3)31(16-22-10-7-8-13-28-22)15-19(2)25(34-5)17-30(4)27(23)33/h7-8,10-14,19-20,25H,6,9,15-18H2,1-5H3,(H,29,32)/t19-,20+,25-/m0/s1. The van der Waals surface area contributed by atoms with Crippen molar-refractivity contribution in [3.8, 4) is 5.75 Å². The van der Waals surface area contributed by atoms with Crippen molar-refractivity contribution in [2.45, 2.75) is 52.3 Å².